The average Bonchev–Trinajstić information content (AvgIpc) is 2.67. The van der Waals surface area contributed by atoms with Crippen LogP contribution in [0.3, 0.4) is 0 Å². The molecule has 0 bridgehead atoms. The van der Waals surface area contributed by atoms with E-state index in [4.69, 9.17) is 9.47 Å². The van der Waals surface area contributed by atoms with Crippen LogP contribution in [0.25, 0.3) is 0 Å². The van der Waals surface area contributed by atoms with E-state index in [1.165, 1.54) is 13.0 Å². The molecule has 1 rings (SSSR count). The first-order valence-electron chi connectivity index (χ1n) is 6.32. The Morgan fingerprint density at radius 3 is 2.43 bits per heavy atom. The lowest BCUT2D eigenvalue weighted by Gasteiger charge is -2.24. The van der Waals surface area contributed by atoms with Crippen molar-refractivity contribution in [2.45, 2.75) is 47.1 Å². The van der Waals surface area contributed by atoms with Gasteiger partial charge in [0.1, 0.15) is 5.60 Å². The number of ether oxygens (including phenoxy) is 2. The minimum absolute atomic E-state index is 0. The number of carbonyl (C=O) groups is 2. The van der Waals surface area contributed by atoms with Crippen molar-refractivity contribution in [2.24, 2.45) is 11.8 Å². The Morgan fingerprint density at radius 2 is 2.00 bits per heavy atom. The molecule has 0 amide bonds. The minimum Gasteiger partial charge on any atom is -0.466 e. The molecule has 0 fully saturated rings. The van der Waals surface area contributed by atoms with Crippen LogP contribution >= 0.6 is 0 Å². The van der Waals surface area contributed by atoms with Crippen LogP contribution in [0.2, 0.25) is 0 Å². The second-order valence-electron chi connectivity index (χ2n) is 5.70. The molecule has 120 valence electrons. The highest BCUT2D eigenvalue weighted by Gasteiger charge is 2.45. The Kier molecular flexibility index (Phi) is 6.53. The van der Waals surface area contributed by atoms with E-state index in [9.17, 15) is 19.7 Å². The van der Waals surface area contributed by atoms with Gasteiger partial charge >= 0.3 is 11.9 Å². The molecule has 2 atom stereocenters. The first kappa shape index (κ1) is 19.1. The number of esters is 2. The Morgan fingerprint density at radius 1 is 1.43 bits per heavy atom. The van der Waals surface area contributed by atoms with Gasteiger partial charge < -0.3 is 9.47 Å². The predicted octanol–water partition coefficient (Wildman–Crippen LogP) is 2.32. The minimum atomic E-state index is -0.997. The lowest BCUT2D eigenvalue weighted by Crippen LogP contribution is -2.34. The van der Waals surface area contributed by atoms with Crippen LogP contribution in [0, 0.1) is 22.0 Å². The van der Waals surface area contributed by atoms with Gasteiger partial charge in [0, 0.05) is 12.8 Å². The SMILES string of the molecule is C.CC(=O)OC[C@@H]1CC=C([N+](=O)[O-])[C@@H]1C(=O)OC(C)(C)C. The summed E-state index contributed by atoms with van der Waals surface area (Å²) in [7, 11) is 0. The maximum Gasteiger partial charge on any atom is 0.320 e. The van der Waals surface area contributed by atoms with Gasteiger partial charge in [-0.05, 0) is 33.3 Å². The third-order valence-corrected chi connectivity index (χ3v) is 2.79. The molecule has 0 unspecified atom stereocenters. The lowest BCUT2D eigenvalue weighted by atomic mass is 9.94. The molecule has 0 heterocycles. The molecular weight excluding hydrogens is 278 g/mol. The Bertz CT molecular complexity index is 449. The number of carbonyl (C=O) groups excluding carboxylic acids is 2. The van der Waals surface area contributed by atoms with Crippen LogP contribution in [0.4, 0.5) is 0 Å². The van der Waals surface area contributed by atoms with Crippen LogP contribution in [0.5, 0.6) is 0 Å². The normalized spacial score (nSPS) is 21.0. The summed E-state index contributed by atoms with van der Waals surface area (Å²) >= 11 is 0. The summed E-state index contributed by atoms with van der Waals surface area (Å²) in [5.41, 5.74) is -0.913. The number of rotatable bonds is 4. The van der Waals surface area contributed by atoms with Gasteiger partial charge in [-0.25, -0.2) is 0 Å². The summed E-state index contributed by atoms with van der Waals surface area (Å²) in [6.45, 7) is 6.29. The van der Waals surface area contributed by atoms with E-state index < -0.39 is 34.3 Å². The van der Waals surface area contributed by atoms with Crippen molar-refractivity contribution in [3.8, 4) is 0 Å². The monoisotopic (exact) mass is 301 g/mol. The number of allylic oxidation sites excluding steroid dienone is 1. The molecule has 0 aliphatic heterocycles. The van der Waals surface area contributed by atoms with Crippen LogP contribution in [0.15, 0.2) is 11.8 Å². The molecule has 0 saturated carbocycles. The number of hydrogen-bond acceptors (Lipinski definition) is 6. The van der Waals surface area contributed by atoms with Crippen molar-refractivity contribution >= 4 is 11.9 Å². The quantitative estimate of drug-likeness (QED) is 0.449. The molecule has 0 spiro atoms. The van der Waals surface area contributed by atoms with Gasteiger partial charge in [0.2, 0.25) is 0 Å². The Labute approximate surface area is 124 Å². The third kappa shape index (κ3) is 5.53. The lowest BCUT2D eigenvalue weighted by molar-refractivity contribution is -0.432. The fourth-order valence-electron chi connectivity index (χ4n) is 2.03. The van der Waals surface area contributed by atoms with E-state index in [0.29, 0.717) is 6.42 Å². The third-order valence-electron chi connectivity index (χ3n) is 2.79. The highest BCUT2D eigenvalue weighted by molar-refractivity contribution is 5.77. The average molecular weight is 301 g/mol. The molecule has 7 nitrogen and oxygen atoms in total. The molecule has 0 aromatic carbocycles. The largest absolute Gasteiger partial charge is 0.466 e. The smallest absolute Gasteiger partial charge is 0.320 e. The summed E-state index contributed by atoms with van der Waals surface area (Å²) in [4.78, 5) is 33.4. The van der Waals surface area contributed by atoms with E-state index in [0.717, 1.165) is 0 Å². The van der Waals surface area contributed by atoms with Crippen LogP contribution in [-0.4, -0.2) is 29.1 Å². The molecule has 0 N–H and O–H groups in total. The van der Waals surface area contributed by atoms with E-state index in [1.54, 1.807) is 20.8 Å². The number of nitrogens with zero attached hydrogens (tertiary/aromatic N) is 1. The molecule has 1 aliphatic carbocycles. The molecule has 21 heavy (non-hydrogen) atoms. The zero-order valence-corrected chi connectivity index (χ0v) is 12.0. The fourth-order valence-corrected chi connectivity index (χ4v) is 2.03. The van der Waals surface area contributed by atoms with E-state index >= 15 is 0 Å². The molecule has 0 saturated heterocycles. The zero-order chi connectivity index (χ0) is 15.5. The highest BCUT2D eigenvalue weighted by atomic mass is 16.6. The van der Waals surface area contributed by atoms with Crippen LogP contribution in [-0.2, 0) is 19.1 Å². The molecule has 7 heteroatoms. The second-order valence-corrected chi connectivity index (χ2v) is 5.70. The van der Waals surface area contributed by atoms with Crippen molar-refractivity contribution in [1.82, 2.24) is 0 Å². The maximum atomic E-state index is 12.1. The predicted molar refractivity (Wildman–Crippen MR) is 75.9 cm³/mol. The van der Waals surface area contributed by atoms with E-state index in [-0.39, 0.29) is 19.7 Å². The summed E-state index contributed by atoms with van der Waals surface area (Å²) < 4.78 is 10.1. The molecule has 0 radical (unpaired) electrons. The van der Waals surface area contributed by atoms with Crippen molar-refractivity contribution in [3.05, 3.63) is 21.9 Å². The van der Waals surface area contributed by atoms with Gasteiger partial charge in [0.15, 0.2) is 5.92 Å². The number of nitro groups is 1. The second kappa shape index (κ2) is 7.19. The topological polar surface area (TPSA) is 95.7 Å². The maximum absolute atomic E-state index is 12.1. The first-order chi connectivity index (χ1) is 9.11. The van der Waals surface area contributed by atoms with Crippen LogP contribution < -0.4 is 0 Å². The standard InChI is InChI=1S/C13H19NO6.CH4/c1-8(15)19-7-9-5-6-10(14(17)18)11(9)12(16)20-13(2,3)4;/h6,9,11H,5,7H2,1-4H3;1H4/t9-,11+;/m0./s1. The zero-order valence-electron chi connectivity index (χ0n) is 12.0. The van der Waals surface area contributed by atoms with Crippen molar-refractivity contribution in [1.29, 1.82) is 0 Å². The van der Waals surface area contributed by atoms with Gasteiger partial charge in [0.05, 0.1) is 11.5 Å². The molecule has 0 aromatic heterocycles. The van der Waals surface area contributed by atoms with Crippen molar-refractivity contribution in [3.63, 3.8) is 0 Å². The van der Waals surface area contributed by atoms with Crippen molar-refractivity contribution < 1.29 is 24.0 Å². The summed E-state index contributed by atoms with van der Waals surface area (Å²) in [5, 5.41) is 11.0. The Balaban J connectivity index is 0.00000400. The van der Waals surface area contributed by atoms with E-state index in [2.05, 4.69) is 0 Å². The van der Waals surface area contributed by atoms with Gasteiger partial charge in [-0.15, -0.1) is 0 Å². The highest BCUT2D eigenvalue weighted by Crippen LogP contribution is 2.34. The van der Waals surface area contributed by atoms with Gasteiger partial charge in [-0.1, -0.05) is 7.43 Å². The first-order valence-corrected chi connectivity index (χ1v) is 6.32. The molecular formula is C14H23NO6. The molecule has 1 aliphatic rings. The van der Waals surface area contributed by atoms with Gasteiger partial charge in [-0.2, -0.15) is 0 Å². The van der Waals surface area contributed by atoms with Crippen molar-refractivity contribution in [2.75, 3.05) is 6.61 Å². The summed E-state index contributed by atoms with van der Waals surface area (Å²) in [6, 6.07) is 0. The van der Waals surface area contributed by atoms with Gasteiger partial charge in [0.25, 0.3) is 5.70 Å². The van der Waals surface area contributed by atoms with Crippen LogP contribution in [0.1, 0.15) is 41.5 Å². The fraction of sp³-hybridized carbons (Fsp3) is 0.714. The molecule has 0 aromatic rings. The van der Waals surface area contributed by atoms with Gasteiger partial charge in [-0.3, -0.25) is 19.7 Å². The summed E-state index contributed by atoms with van der Waals surface area (Å²) in [6.07, 6.45) is 1.70. The summed E-state index contributed by atoms with van der Waals surface area (Å²) in [5.74, 6) is -2.59. The Hall–Kier alpha value is -1.92. The number of hydrogen-bond donors (Lipinski definition) is 0. The van der Waals surface area contributed by atoms with E-state index in [1.807, 2.05) is 0 Å².